The van der Waals surface area contributed by atoms with Crippen LogP contribution in [-0.4, -0.2) is 59.9 Å². The molecule has 202 valence electrons. The fraction of sp³-hybridized carbons (Fsp3) is 0.296. The quantitative estimate of drug-likeness (QED) is 0.454. The molecule has 11 heteroatoms. The SMILES string of the molecule is Cc1ccc(S(=O)(=O)N(CC(=O)Nc2ccc(S(=O)(=O)N3CCOCC3)cc2)c2ccc(C)cc2C)cc1. The average Bonchev–Trinajstić information content (AvgIpc) is 2.89. The summed E-state index contributed by atoms with van der Waals surface area (Å²) < 4.78 is 60.7. The predicted molar refractivity (Wildman–Crippen MR) is 146 cm³/mol. The second-order valence-corrected chi connectivity index (χ2v) is 13.0. The number of benzene rings is 3. The minimum atomic E-state index is -4.05. The molecular weight excluding hydrogens is 526 g/mol. The van der Waals surface area contributed by atoms with Crippen molar-refractivity contribution >= 4 is 37.3 Å². The molecule has 0 spiro atoms. The summed E-state index contributed by atoms with van der Waals surface area (Å²) in [5.41, 5.74) is 3.35. The Labute approximate surface area is 224 Å². The Morgan fingerprint density at radius 1 is 0.842 bits per heavy atom. The van der Waals surface area contributed by atoms with Gasteiger partial charge in [-0.2, -0.15) is 4.31 Å². The summed E-state index contributed by atoms with van der Waals surface area (Å²) in [6, 6.07) is 17.6. The molecule has 1 aliphatic rings. The van der Waals surface area contributed by atoms with Crippen LogP contribution in [0.5, 0.6) is 0 Å². The van der Waals surface area contributed by atoms with Gasteiger partial charge in [0.15, 0.2) is 0 Å². The Balaban J connectivity index is 1.57. The monoisotopic (exact) mass is 557 g/mol. The second kappa shape index (κ2) is 11.2. The molecule has 1 saturated heterocycles. The van der Waals surface area contributed by atoms with Crippen molar-refractivity contribution in [2.75, 3.05) is 42.5 Å². The van der Waals surface area contributed by atoms with Crippen molar-refractivity contribution in [2.45, 2.75) is 30.6 Å². The molecule has 0 aliphatic carbocycles. The first-order chi connectivity index (χ1) is 18.0. The molecule has 0 unspecified atom stereocenters. The first-order valence-electron chi connectivity index (χ1n) is 12.1. The number of morpholine rings is 1. The van der Waals surface area contributed by atoms with Crippen molar-refractivity contribution in [1.82, 2.24) is 4.31 Å². The van der Waals surface area contributed by atoms with Crippen LogP contribution in [0.4, 0.5) is 11.4 Å². The van der Waals surface area contributed by atoms with Gasteiger partial charge in [-0.3, -0.25) is 9.10 Å². The van der Waals surface area contributed by atoms with Gasteiger partial charge in [0.1, 0.15) is 6.54 Å². The van der Waals surface area contributed by atoms with E-state index in [1.807, 2.05) is 19.9 Å². The number of carbonyl (C=O) groups excluding carboxylic acids is 1. The van der Waals surface area contributed by atoms with Crippen LogP contribution in [0.25, 0.3) is 0 Å². The minimum absolute atomic E-state index is 0.0774. The molecule has 0 radical (unpaired) electrons. The lowest BCUT2D eigenvalue weighted by atomic mass is 10.1. The van der Waals surface area contributed by atoms with Crippen LogP contribution in [0, 0.1) is 20.8 Å². The predicted octanol–water partition coefficient (Wildman–Crippen LogP) is 3.47. The Hall–Kier alpha value is -3.25. The van der Waals surface area contributed by atoms with Gasteiger partial charge in [0.2, 0.25) is 15.9 Å². The van der Waals surface area contributed by atoms with E-state index in [4.69, 9.17) is 4.74 Å². The molecule has 0 bridgehead atoms. The molecule has 1 amide bonds. The van der Waals surface area contributed by atoms with Gasteiger partial charge in [0.25, 0.3) is 10.0 Å². The smallest absolute Gasteiger partial charge is 0.264 e. The highest BCUT2D eigenvalue weighted by Crippen LogP contribution is 2.28. The number of sulfonamides is 2. The van der Waals surface area contributed by atoms with E-state index in [9.17, 15) is 21.6 Å². The third-order valence-electron chi connectivity index (χ3n) is 6.26. The van der Waals surface area contributed by atoms with Crippen LogP contribution in [0.3, 0.4) is 0 Å². The molecule has 0 aromatic heterocycles. The van der Waals surface area contributed by atoms with E-state index >= 15 is 0 Å². The Morgan fingerprint density at radius 2 is 1.42 bits per heavy atom. The molecule has 9 nitrogen and oxygen atoms in total. The summed E-state index contributed by atoms with van der Waals surface area (Å²) in [7, 11) is -7.73. The normalized spacial score (nSPS) is 14.7. The van der Waals surface area contributed by atoms with Gasteiger partial charge in [0, 0.05) is 18.8 Å². The number of carbonyl (C=O) groups is 1. The van der Waals surface area contributed by atoms with Gasteiger partial charge in [-0.05, 0) is 68.8 Å². The van der Waals surface area contributed by atoms with Crippen LogP contribution in [0.15, 0.2) is 76.5 Å². The van der Waals surface area contributed by atoms with Gasteiger partial charge in [-0.1, -0.05) is 35.4 Å². The number of rotatable bonds is 8. The molecular formula is C27H31N3O6S2. The van der Waals surface area contributed by atoms with Crippen LogP contribution in [-0.2, 0) is 29.6 Å². The van der Waals surface area contributed by atoms with E-state index in [2.05, 4.69) is 5.32 Å². The zero-order valence-corrected chi connectivity index (χ0v) is 23.2. The number of aryl methyl sites for hydroxylation is 3. The van der Waals surface area contributed by atoms with Crippen molar-refractivity contribution in [3.8, 4) is 0 Å². The maximum absolute atomic E-state index is 13.6. The number of hydrogen-bond donors (Lipinski definition) is 1. The van der Waals surface area contributed by atoms with Gasteiger partial charge in [0.05, 0.1) is 28.7 Å². The number of ether oxygens (including phenoxy) is 1. The minimum Gasteiger partial charge on any atom is -0.379 e. The average molecular weight is 558 g/mol. The van der Waals surface area contributed by atoms with E-state index < -0.39 is 32.5 Å². The largest absolute Gasteiger partial charge is 0.379 e. The lowest BCUT2D eigenvalue weighted by Gasteiger charge is -2.26. The molecule has 1 N–H and O–H groups in total. The van der Waals surface area contributed by atoms with E-state index in [0.29, 0.717) is 30.2 Å². The molecule has 1 aliphatic heterocycles. The molecule has 3 aromatic carbocycles. The highest BCUT2D eigenvalue weighted by Gasteiger charge is 2.29. The summed E-state index contributed by atoms with van der Waals surface area (Å²) in [5.74, 6) is -0.565. The number of nitrogens with zero attached hydrogens (tertiary/aromatic N) is 2. The maximum atomic E-state index is 13.6. The van der Waals surface area contributed by atoms with Gasteiger partial charge in [-0.25, -0.2) is 16.8 Å². The fourth-order valence-corrected chi connectivity index (χ4v) is 7.09. The maximum Gasteiger partial charge on any atom is 0.264 e. The topological polar surface area (TPSA) is 113 Å². The van der Waals surface area contributed by atoms with Crippen molar-refractivity contribution in [3.63, 3.8) is 0 Å². The number of anilines is 2. The molecule has 1 fully saturated rings. The first-order valence-corrected chi connectivity index (χ1v) is 15.0. The lowest BCUT2D eigenvalue weighted by Crippen LogP contribution is -2.40. The lowest BCUT2D eigenvalue weighted by molar-refractivity contribution is -0.114. The van der Waals surface area contributed by atoms with E-state index in [1.54, 1.807) is 31.2 Å². The number of nitrogens with one attached hydrogen (secondary N) is 1. The molecule has 0 atom stereocenters. The second-order valence-electron chi connectivity index (χ2n) is 9.20. The van der Waals surface area contributed by atoms with E-state index in [-0.39, 0.29) is 22.9 Å². The molecule has 0 saturated carbocycles. The van der Waals surface area contributed by atoms with Crippen LogP contribution < -0.4 is 9.62 Å². The Bertz CT molecular complexity index is 1510. The summed E-state index contributed by atoms with van der Waals surface area (Å²) >= 11 is 0. The third kappa shape index (κ3) is 6.07. The van der Waals surface area contributed by atoms with Crippen molar-refractivity contribution in [2.24, 2.45) is 0 Å². The van der Waals surface area contributed by atoms with E-state index in [1.165, 1.54) is 40.7 Å². The Morgan fingerprint density at radius 3 is 2.03 bits per heavy atom. The van der Waals surface area contributed by atoms with Crippen molar-refractivity contribution < 1.29 is 26.4 Å². The van der Waals surface area contributed by atoms with Crippen LogP contribution in [0.1, 0.15) is 16.7 Å². The van der Waals surface area contributed by atoms with Gasteiger partial charge < -0.3 is 10.1 Å². The number of amides is 1. The summed E-state index contributed by atoms with van der Waals surface area (Å²) in [6.07, 6.45) is 0. The first kappa shape index (κ1) is 27.8. The van der Waals surface area contributed by atoms with Crippen LogP contribution >= 0.6 is 0 Å². The zero-order valence-electron chi connectivity index (χ0n) is 21.5. The molecule has 3 aromatic rings. The van der Waals surface area contributed by atoms with Gasteiger partial charge in [-0.15, -0.1) is 0 Å². The summed E-state index contributed by atoms with van der Waals surface area (Å²) in [4.78, 5) is 13.3. The number of hydrogen-bond acceptors (Lipinski definition) is 6. The molecule has 1 heterocycles. The van der Waals surface area contributed by atoms with Crippen molar-refractivity contribution in [3.05, 3.63) is 83.4 Å². The summed E-state index contributed by atoms with van der Waals surface area (Å²) in [6.45, 7) is 6.36. The molecule has 38 heavy (non-hydrogen) atoms. The standard InChI is InChI=1S/C27H31N3O6S2/c1-20-4-9-25(10-5-20)38(34,35)30(26-13-6-21(2)18-22(26)3)19-27(31)28-23-7-11-24(12-8-23)37(32,33)29-14-16-36-17-15-29/h4-13,18H,14-17,19H2,1-3H3,(H,28,31). The fourth-order valence-electron chi connectivity index (χ4n) is 4.20. The molecule has 4 rings (SSSR count). The third-order valence-corrected chi connectivity index (χ3v) is 9.95. The van der Waals surface area contributed by atoms with E-state index in [0.717, 1.165) is 15.4 Å². The van der Waals surface area contributed by atoms with Gasteiger partial charge >= 0.3 is 0 Å². The zero-order chi connectivity index (χ0) is 27.5. The Kier molecular flexibility index (Phi) is 8.22. The summed E-state index contributed by atoms with van der Waals surface area (Å²) in [5, 5.41) is 2.69. The highest BCUT2D eigenvalue weighted by molar-refractivity contribution is 7.92. The highest BCUT2D eigenvalue weighted by atomic mass is 32.2. The van der Waals surface area contributed by atoms with Crippen LogP contribution in [0.2, 0.25) is 0 Å². The van der Waals surface area contributed by atoms with Crippen molar-refractivity contribution in [1.29, 1.82) is 0 Å².